The minimum atomic E-state index is -3.86. The molecule has 21 heavy (non-hydrogen) atoms. The van der Waals surface area contributed by atoms with Gasteiger partial charge < -0.3 is 5.32 Å². The van der Waals surface area contributed by atoms with Gasteiger partial charge in [-0.15, -0.1) is 0 Å². The Bertz CT molecular complexity index is 649. The van der Waals surface area contributed by atoms with Crippen LogP contribution >= 0.6 is 0 Å². The molecule has 1 heterocycles. The van der Waals surface area contributed by atoms with Crippen LogP contribution in [-0.4, -0.2) is 37.8 Å². The molecular formula is C13H19N3O4S. The van der Waals surface area contributed by atoms with Crippen molar-refractivity contribution in [2.24, 2.45) is 11.8 Å². The van der Waals surface area contributed by atoms with Crippen LogP contribution in [0, 0.1) is 22.0 Å². The highest BCUT2D eigenvalue weighted by Gasteiger charge is 2.39. The van der Waals surface area contributed by atoms with Gasteiger partial charge in [0.05, 0.1) is 4.92 Å². The van der Waals surface area contributed by atoms with Crippen LogP contribution in [0.1, 0.15) is 13.8 Å². The molecule has 0 aliphatic carbocycles. The Hall–Kier alpha value is -1.67. The first-order valence-electron chi connectivity index (χ1n) is 6.74. The van der Waals surface area contributed by atoms with E-state index in [0.29, 0.717) is 13.1 Å². The van der Waals surface area contributed by atoms with Crippen LogP contribution in [0.2, 0.25) is 0 Å². The second-order valence-corrected chi connectivity index (χ2v) is 7.34. The van der Waals surface area contributed by atoms with E-state index in [2.05, 4.69) is 5.32 Å². The number of nitro benzene ring substituents is 1. The molecular weight excluding hydrogens is 294 g/mol. The molecule has 0 spiro atoms. The van der Waals surface area contributed by atoms with Crippen LogP contribution in [0.3, 0.4) is 0 Å². The minimum absolute atomic E-state index is 0.196. The summed E-state index contributed by atoms with van der Waals surface area (Å²) in [7, 11) is -2.33. The van der Waals surface area contributed by atoms with E-state index in [-0.39, 0.29) is 22.4 Å². The molecule has 0 bridgehead atoms. The highest BCUT2D eigenvalue weighted by atomic mass is 32.2. The summed E-state index contributed by atoms with van der Waals surface area (Å²) in [6.45, 7) is 4.76. The van der Waals surface area contributed by atoms with Crippen molar-refractivity contribution < 1.29 is 13.3 Å². The molecule has 1 fully saturated rings. The molecule has 116 valence electrons. The van der Waals surface area contributed by atoms with Crippen LogP contribution in [0.15, 0.2) is 23.1 Å². The van der Waals surface area contributed by atoms with E-state index < -0.39 is 20.6 Å². The lowest BCUT2D eigenvalue weighted by Crippen LogP contribution is -2.29. The Morgan fingerprint density at radius 3 is 2.33 bits per heavy atom. The maximum absolute atomic E-state index is 12.7. The van der Waals surface area contributed by atoms with Gasteiger partial charge in [-0.25, -0.2) is 8.42 Å². The summed E-state index contributed by atoms with van der Waals surface area (Å²) in [4.78, 5) is 10.4. The van der Waals surface area contributed by atoms with Gasteiger partial charge in [0.1, 0.15) is 5.69 Å². The first-order valence-corrected chi connectivity index (χ1v) is 8.18. The molecule has 1 saturated heterocycles. The zero-order valence-corrected chi connectivity index (χ0v) is 13.1. The van der Waals surface area contributed by atoms with Crippen LogP contribution in [0.25, 0.3) is 0 Å². The van der Waals surface area contributed by atoms with Crippen LogP contribution in [0.5, 0.6) is 0 Å². The van der Waals surface area contributed by atoms with Gasteiger partial charge in [-0.3, -0.25) is 10.1 Å². The summed E-state index contributed by atoms with van der Waals surface area (Å²) in [5.74, 6) is 0.484. The molecule has 2 rings (SSSR count). The number of para-hydroxylation sites is 1. The third kappa shape index (κ3) is 2.73. The smallest absolute Gasteiger partial charge is 0.312 e. The first kappa shape index (κ1) is 15.7. The van der Waals surface area contributed by atoms with Gasteiger partial charge in [-0.2, -0.15) is 4.31 Å². The van der Waals surface area contributed by atoms with Gasteiger partial charge in [0.15, 0.2) is 4.90 Å². The summed E-state index contributed by atoms with van der Waals surface area (Å²) in [6.07, 6.45) is 0. The lowest BCUT2D eigenvalue weighted by Gasteiger charge is -2.17. The van der Waals surface area contributed by atoms with Crippen molar-refractivity contribution >= 4 is 21.4 Å². The molecule has 0 saturated carbocycles. The molecule has 1 aromatic rings. The van der Waals surface area contributed by atoms with E-state index in [0.717, 1.165) is 0 Å². The summed E-state index contributed by atoms with van der Waals surface area (Å²) >= 11 is 0. The Kier molecular flexibility index (Phi) is 4.20. The van der Waals surface area contributed by atoms with Crippen molar-refractivity contribution in [1.82, 2.24) is 4.31 Å². The topological polar surface area (TPSA) is 92.6 Å². The maximum Gasteiger partial charge on any atom is 0.312 e. The fourth-order valence-electron chi connectivity index (χ4n) is 2.53. The average molecular weight is 313 g/mol. The molecule has 0 radical (unpaired) electrons. The molecule has 1 aliphatic rings. The molecule has 2 atom stereocenters. The summed E-state index contributed by atoms with van der Waals surface area (Å²) in [6, 6.07) is 4.29. The van der Waals surface area contributed by atoms with E-state index >= 15 is 0 Å². The predicted octanol–water partition coefficient (Wildman–Crippen LogP) is 1.91. The summed E-state index contributed by atoms with van der Waals surface area (Å²) < 4.78 is 26.8. The largest absolute Gasteiger partial charge is 0.383 e. The lowest BCUT2D eigenvalue weighted by atomic mass is 10.0. The zero-order chi connectivity index (χ0) is 15.8. The van der Waals surface area contributed by atoms with Crippen molar-refractivity contribution in [3.8, 4) is 0 Å². The van der Waals surface area contributed by atoms with Crippen LogP contribution < -0.4 is 5.32 Å². The van der Waals surface area contributed by atoms with Crippen molar-refractivity contribution in [1.29, 1.82) is 0 Å². The van der Waals surface area contributed by atoms with Crippen molar-refractivity contribution in [2.75, 3.05) is 25.5 Å². The molecule has 2 unspecified atom stereocenters. The number of sulfonamides is 1. The van der Waals surface area contributed by atoms with E-state index in [4.69, 9.17) is 0 Å². The Labute approximate surface area is 124 Å². The fourth-order valence-corrected chi connectivity index (χ4v) is 4.35. The molecule has 0 amide bonds. The normalized spacial score (nSPS) is 23.2. The molecule has 1 N–H and O–H groups in total. The number of hydrogen-bond acceptors (Lipinski definition) is 5. The summed E-state index contributed by atoms with van der Waals surface area (Å²) in [5.41, 5.74) is -0.200. The van der Waals surface area contributed by atoms with Crippen LogP contribution in [-0.2, 0) is 10.0 Å². The number of nitro groups is 1. The molecule has 1 aliphatic heterocycles. The van der Waals surface area contributed by atoms with Crippen molar-refractivity contribution in [3.63, 3.8) is 0 Å². The van der Waals surface area contributed by atoms with Gasteiger partial charge in [-0.1, -0.05) is 19.9 Å². The van der Waals surface area contributed by atoms with Gasteiger partial charge in [0, 0.05) is 20.1 Å². The minimum Gasteiger partial charge on any atom is -0.383 e. The Balaban J connectivity index is 2.53. The molecule has 8 heteroatoms. The van der Waals surface area contributed by atoms with Crippen molar-refractivity contribution in [3.05, 3.63) is 28.3 Å². The third-order valence-corrected chi connectivity index (χ3v) is 5.89. The van der Waals surface area contributed by atoms with E-state index in [1.165, 1.54) is 29.6 Å². The number of nitrogens with zero attached hydrogens (tertiary/aromatic N) is 2. The van der Waals surface area contributed by atoms with Gasteiger partial charge in [-0.05, 0) is 24.0 Å². The standard InChI is InChI=1S/C13H19N3O4S/c1-9-7-15(8-10(9)2)21(19,20)12-6-4-5-11(14-3)13(12)16(17)18/h4-6,9-10,14H,7-8H2,1-3H3. The lowest BCUT2D eigenvalue weighted by molar-refractivity contribution is -0.386. The summed E-state index contributed by atoms with van der Waals surface area (Å²) in [5, 5.41) is 13.9. The second kappa shape index (κ2) is 5.61. The van der Waals surface area contributed by atoms with Gasteiger partial charge in [0.25, 0.3) is 0 Å². The second-order valence-electron chi connectivity index (χ2n) is 5.44. The van der Waals surface area contributed by atoms with Crippen molar-refractivity contribution in [2.45, 2.75) is 18.7 Å². The van der Waals surface area contributed by atoms with E-state index in [1.807, 2.05) is 13.8 Å². The van der Waals surface area contributed by atoms with E-state index in [9.17, 15) is 18.5 Å². The molecule has 1 aromatic carbocycles. The molecule has 7 nitrogen and oxygen atoms in total. The quantitative estimate of drug-likeness (QED) is 0.677. The SMILES string of the molecule is CNc1cccc(S(=O)(=O)N2CC(C)C(C)C2)c1[N+](=O)[O-]. The monoisotopic (exact) mass is 313 g/mol. The van der Waals surface area contributed by atoms with Gasteiger partial charge in [0.2, 0.25) is 10.0 Å². The Morgan fingerprint density at radius 2 is 1.86 bits per heavy atom. The third-order valence-electron chi connectivity index (χ3n) is 4.02. The van der Waals surface area contributed by atoms with E-state index in [1.54, 1.807) is 0 Å². The highest BCUT2D eigenvalue weighted by molar-refractivity contribution is 7.89. The number of anilines is 1. The molecule has 0 aromatic heterocycles. The Morgan fingerprint density at radius 1 is 1.29 bits per heavy atom. The van der Waals surface area contributed by atoms with Gasteiger partial charge >= 0.3 is 5.69 Å². The fraction of sp³-hybridized carbons (Fsp3) is 0.538. The zero-order valence-electron chi connectivity index (χ0n) is 12.2. The average Bonchev–Trinajstić information content (AvgIpc) is 2.78. The number of benzene rings is 1. The van der Waals surface area contributed by atoms with Crippen LogP contribution in [0.4, 0.5) is 11.4 Å². The number of hydrogen-bond donors (Lipinski definition) is 1. The highest BCUT2D eigenvalue weighted by Crippen LogP contribution is 2.36. The number of rotatable bonds is 4. The predicted molar refractivity (Wildman–Crippen MR) is 79.7 cm³/mol. The number of nitrogens with one attached hydrogen (secondary N) is 1. The maximum atomic E-state index is 12.7. The first-order chi connectivity index (χ1) is 9.78.